The third-order valence-corrected chi connectivity index (χ3v) is 6.04. The first-order valence-corrected chi connectivity index (χ1v) is 11.0. The summed E-state index contributed by atoms with van der Waals surface area (Å²) in [6, 6.07) is 5.78. The molecule has 0 spiro atoms. The number of rotatable bonds is 8. The van der Waals surface area contributed by atoms with Crippen LogP contribution in [-0.4, -0.2) is 49.6 Å². The number of esters is 2. The van der Waals surface area contributed by atoms with Crippen molar-refractivity contribution in [3.63, 3.8) is 0 Å². The minimum absolute atomic E-state index is 0.00673. The molecule has 0 aromatic heterocycles. The van der Waals surface area contributed by atoms with E-state index in [1.165, 1.54) is 25.3 Å². The van der Waals surface area contributed by atoms with Gasteiger partial charge < -0.3 is 19.5 Å². The van der Waals surface area contributed by atoms with E-state index in [1.807, 2.05) is 6.92 Å². The number of carbonyl (C=O) groups excluding carboxylic acids is 3. The van der Waals surface area contributed by atoms with Gasteiger partial charge in [0.2, 0.25) is 0 Å². The van der Waals surface area contributed by atoms with Gasteiger partial charge in [0.25, 0.3) is 5.69 Å². The second-order valence-electron chi connectivity index (χ2n) is 8.22. The number of carbonyl (C=O) groups is 3. The summed E-state index contributed by atoms with van der Waals surface area (Å²) in [6.45, 7) is 5.97. The van der Waals surface area contributed by atoms with Gasteiger partial charge in [-0.25, -0.2) is 4.79 Å². The number of ketones is 1. The molecule has 0 fully saturated rings. The van der Waals surface area contributed by atoms with Gasteiger partial charge in [-0.1, -0.05) is 19.1 Å². The normalized spacial score (nSPS) is 22.1. The van der Waals surface area contributed by atoms with Gasteiger partial charge in [-0.15, -0.1) is 0 Å². The Balaban J connectivity index is 2.12. The molecule has 1 aromatic rings. The maximum atomic E-state index is 13.6. The highest BCUT2D eigenvalue weighted by Gasteiger charge is 2.47. The molecule has 0 saturated carbocycles. The molecule has 3 atom stereocenters. The van der Waals surface area contributed by atoms with Crippen LogP contribution < -0.4 is 5.32 Å². The summed E-state index contributed by atoms with van der Waals surface area (Å²) in [5, 5.41) is 14.6. The molecule has 0 bridgehead atoms. The number of non-ortho nitro benzene ring substituents is 1. The summed E-state index contributed by atoms with van der Waals surface area (Å²) >= 11 is 0. The Morgan fingerprint density at radius 2 is 2.00 bits per heavy atom. The first-order valence-electron chi connectivity index (χ1n) is 11.0. The van der Waals surface area contributed by atoms with Crippen molar-refractivity contribution in [3.05, 3.63) is 62.5 Å². The zero-order valence-corrected chi connectivity index (χ0v) is 19.6. The van der Waals surface area contributed by atoms with Gasteiger partial charge in [0.05, 0.1) is 24.2 Å². The average Bonchev–Trinajstić information content (AvgIpc) is 2.80. The Labute approximate surface area is 197 Å². The van der Waals surface area contributed by atoms with Crippen molar-refractivity contribution in [1.82, 2.24) is 5.32 Å². The van der Waals surface area contributed by atoms with Crippen LogP contribution in [-0.2, 0) is 28.6 Å². The number of dihydropyridines is 1. The van der Waals surface area contributed by atoms with Gasteiger partial charge in [0.1, 0.15) is 12.5 Å². The molecule has 1 aromatic carbocycles. The molecular weight excluding hydrogens is 444 g/mol. The van der Waals surface area contributed by atoms with Crippen molar-refractivity contribution in [1.29, 1.82) is 0 Å². The van der Waals surface area contributed by atoms with Crippen molar-refractivity contribution in [2.75, 3.05) is 26.9 Å². The van der Waals surface area contributed by atoms with Gasteiger partial charge in [-0.2, -0.15) is 0 Å². The highest BCUT2D eigenvalue weighted by atomic mass is 16.6. The predicted octanol–water partition coefficient (Wildman–Crippen LogP) is 2.79. The van der Waals surface area contributed by atoms with E-state index < -0.39 is 34.5 Å². The summed E-state index contributed by atoms with van der Waals surface area (Å²) in [5.74, 6) is -4.12. The quantitative estimate of drug-likeness (QED) is 0.199. The van der Waals surface area contributed by atoms with Gasteiger partial charge in [0, 0.05) is 41.6 Å². The summed E-state index contributed by atoms with van der Waals surface area (Å²) in [7, 11) is 1.22. The lowest BCUT2D eigenvalue weighted by molar-refractivity contribution is -0.384. The van der Waals surface area contributed by atoms with Gasteiger partial charge in [-0.05, 0) is 31.7 Å². The Hall–Kier alpha value is -3.53. The molecule has 182 valence electrons. The van der Waals surface area contributed by atoms with E-state index >= 15 is 0 Å². The lowest BCUT2D eigenvalue weighted by Gasteiger charge is -2.38. The Morgan fingerprint density at radius 1 is 1.26 bits per heavy atom. The molecule has 1 heterocycles. The van der Waals surface area contributed by atoms with E-state index in [1.54, 1.807) is 19.9 Å². The molecule has 10 nitrogen and oxygen atoms in total. The summed E-state index contributed by atoms with van der Waals surface area (Å²) in [5.41, 5.74) is 1.64. The van der Waals surface area contributed by atoms with Crippen LogP contribution in [0.1, 0.15) is 38.7 Å². The Morgan fingerprint density at radius 3 is 2.65 bits per heavy atom. The maximum Gasteiger partial charge on any atom is 0.336 e. The molecule has 2 aliphatic rings. The van der Waals surface area contributed by atoms with Crippen molar-refractivity contribution in [3.8, 4) is 0 Å². The molecule has 0 amide bonds. The van der Waals surface area contributed by atoms with Gasteiger partial charge >= 0.3 is 11.9 Å². The highest BCUT2D eigenvalue weighted by molar-refractivity contribution is 6.12. The van der Waals surface area contributed by atoms with Crippen molar-refractivity contribution in [2.24, 2.45) is 11.8 Å². The number of methoxy groups -OCH3 is 1. The third-order valence-electron chi connectivity index (χ3n) is 6.04. The lowest BCUT2D eigenvalue weighted by Crippen LogP contribution is -2.43. The smallest absolute Gasteiger partial charge is 0.336 e. The minimum atomic E-state index is -1.04. The summed E-state index contributed by atoms with van der Waals surface area (Å²) in [6.07, 6.45) is 0.371. The molecule has 1 aliphatic carbocycles. The number of nitro benzene ring substituents is 1. The van der Waals surface area contributed by atoms with Crippen LogP contribution in [0.4, 0.5) is 5.69 Å². The van der Waals surface area contributed by atoms with E-state index in [0.29, 0.717) is 30.0 Å². The Kier molecular flexibility index (Phi) is 7.83. The first-order chi connectivity index (χ1) is 16.2. The fourth-order valence-electron chi connectivity index (χ4n) is 4.52. The number of nitrogens with zero attached hydrogens (tertiary/aromatic N) is 1. The molecule has 3 rings (SSSR count). The van der Waals surface area contributed by atoms with E-state index in [-0.39, 0.29) is 36.0 Å². The van der Waals surface area contributed by atoms with Gasteiger partial charge in [-0.3, -0.25) is 19.7 Å². The van der Waals surface area contributed by atoms with Crippen LogP contribution in [0.5, 0.6) is 0 Å². The molecular formula is C24H28N2O8. The molecule has 34 heavy (non-hydrogen) atoms. The van der Waals surface area contributed by atoms with Crippen LogP contribution in [0.25, 0.3) is 0 Å². The second-order valence-corrected chi connectivity index (χ2v) is 8.22. The van der Waals surface area contributed by atoms with E-state index in [2.05, 4.69) is 5.32 Å². The molecule has 0 radical (unpaired) electrons. The zero-order valence-electron chi connectivity index (χ0n) is 19.6. The van der Waals surface area contributed by atoms with Crippen LogP contribution >= 0.6 is 0 Å². The fourth-order valence-corrected chi connectivity index (χ4v) is 4.52. The zero-order chi connectivity index (χ0) is 25.0. The molecule has 0 saturated heterocycles. The number of ether oxygens (including phenoxy) is 3. The highest BCUT2D eigenvalue weighted by Crippen LogP contribution is 2.45. The van der Waals surface area contributed by atoms with E-state index in [9.17, 15) is 24.5 Å². The van der Waals surface area contributed by atoms with Crippen LogP contribution in [0.2, 0.25) is 0 Å². The predicted molar refractivity (Wildman–Crippen MR) is 120 cm³/mol. The number of nitrogens with one attached hydrogen (secondary N) is 1. The van der Waals surface area contributed by atoms with Gasteiger partial charge in [0.15, 0.2) is 5.78 Å². The average molecular weight is 472 g/mol. The number of benzene rings is 1. The first kappa shape index (κ1) is 25.1. The number of hydrogen-bond donors (Lipinski definition) is 1. The molecule has 10 heteroatoms. The van der Waals surface area contributed by atoms with E-state index in [4.69, 9.17) is 14.2 Å². The molecule has 1 N–H and O–H groups in total. The van der Waals surface area contributed by atoms with Crippen LogP contribution in [0.15, 0.2) is 46.8 Å². The summed E-state index contributed by atoms with van der Waals surface area (Å²) in [4.78, 5) is 50.1. The second kappa shape index (κ2) is 10.6. The largest absolute Gasteiger partial charge is 0.468 e. The van der Waals surface area contributed by atoms with Crippen molar-refractivity contribution >= 4 is 23.4 Å². The molecule has 3 unspecified atom stereocenters. The van der Waals surface area contributed by atoms with Crippen molar-refractivity contribution in [2.45, 2.75) is 33.1 Å². The summed E-state index contributed by atoms with van der Waals surface area (Å²) < 4.78 is 15.5. The topological polar surface area (TPSA) is 134 Å². The van der Waals surface area contributed by atoms with Crippen molar-refractivity contribution < 1.29 is 33.5 Å². The lowest BCUT2D eigenvalue weighted by atomic mass is 9.69. The third kappa shape index (κ3) is 4.86. The number of nitro groups is 1. The SMILES string of the molecule is CCOCCOC(=O)C1=C(C)NC2=C(C(=O)C(C(=O)OC)C(C)C2)C1c1cccc([N+](=O)[O-])c1. The monoisotopic (exact) mass is 472 g/mol. The minimum Gasteiger partial charge on any atom is -0.468 e. The van der Waals surface area contributed by atoms with E-state index in [0.717, 1.165) is 0 Å². The molecule has 1 aliphatic heterocycles. The van der Waals surface area contributed by atoms with Crippen LogP contribution in [0.3, 0.4) is 0 Å². The fraction of sp³-hybridized carbons (Fsp3) is 0.458. The maximum absolute atomic E-state index is 13.6. The number of hydrogen-bond acceptors (Lipinski definition) is 9. The standard InChI is InChI=1S/C24H28N2O8/c1-5-33-9-10-34-24(29)19-14(3)25-17-11-13(2)18(23(28)32-4)22(27)21(17)20(19)15-7-6-8-16(12-15)26(30)31/h6-8,12-13,18,20,25H,5,9-11H2,1-4H3. The number of allylic oxidation sites excluding steroid dienone is 3. The number of Topliss-reactive ketones (excluding diaryl/α,β-unsaturated/α-hetero) is 1. The Bertz CT molecular complexity index is 1070. The van der Waals surface area contributed by atoms with Crippen LogP contribution in [0, 0.1) is 22.0 Å².